The first kappa shape index (κ1) is 18.7. The molecule has 0 spiro atoms. The van der Waals surface area contributed by atoms with Crippen LogP contribution in [0.1, 0.15) is 37.5 Å². The maximum atomic E-state index is 11.8. The number of nitrogens with two attached hydrogens (primary N) is 2. The molecule has 6 heteroatoms. The number of nitrogens with zero attached hydrogens (tertiary/aromatic N) is 1. The number of benzene rings is 1. The highest BCUT2D eigenvalue weighted by Crippen LogP contribution is 2.27. The lowest BCUT2D eigenvalue weighted by atomic mass is 9.82. The van der Waals surface area contributed by atoms with E-state index in [2.05, 4.69) is 5.16 Å². The Bertz CT molecular complexity index is 722. The van der Waals surface area contributed by atoms with Crippen molar-refractivity contribution in [2.75, 3.05) is 0 Å². The van der Waals surface area contributed by atoms with Crippen LogP contribution in [0.3, 0.4) is 0 Å². The summed E-state index contributed by atoms with van der Waals surface area (Å²) < 4.78 is 5.44. The monoisotopic (exact) mass is 343 g/mol. The third kappa shape index (κ3) is 5.17. The van der Waals surface area contributed by atoms with Crippen molar-refractivity contribution < 1.29 is 14.1 Å². The Labute approximate surface area is 147 Å². The molecule has 2 rings (SSSR count). The summed E-state index contributed by atoms with van der Waals surface area (Å²) in [7, 11) is 0. The van der Waals surface area contributed by atoms with E-state index in [9.17, 15) is 9.59 Å². The van der Waals surface area contributed by atoms with Crippen LogP contribution in [0.15, 0.2) is 34.9 Å². The summed E-state index contributed by atoms with van der Waals surface area (Å²) in [6.45, 7) is 4.05. The van der Waals surface area contributed by atoms with Gasteiger partial charge in [0.2, 0.25) is 11.8 Å². The predicted molar refractivity (Wildman–Crippen MR) is 95.3 cm³/mol. The Balaban J connectivity index is 2.17. The molecule has 0 saturated heterocycles. The Morgan fingerprint density at radius 2 is 1.88 bits per heavy atom. The minimum Gasteiger partial charge on any atom is -0.370 e. The van der Waals surface area contributed by atoms with E-state index in [0.29, 0.717) is 12.2 Å². The molecule has 1 aromatic heterocycles. The van der Waals surface area contributed by atoms with Crippen molar-refractivity contribution in [3.05, 3.63) is 41.7 Å². The molecule has 25 heavy (non-hydrogen) atoms. The number of aryl methyl sites for hydroxylation is 1. The first-order chi connectivity index (χ1) is 11.9. The summed E-state index contributed by atoms with van der Waals surface area (Å²) in [4.78, 5) is 23.0. The smallest absolute Gasteiger partial charge is 0.221 e. The highest BCUT2D eigenvalue weighted by molar-refractivity contribution is 5.84. The zero-order valence-electron chi connectivity index (χ0n) is 14.7. The normalized spacial score (nSPS) is 13.4. The second-order valence-corrected chi connectivity index (χ2v) is 6.48. The van der Waals surface area contributed by atoms with Gasteiger partial charge in [0.1, 0.15) is 11.5 Å². The number of carbonyl (C=O) groups is 2. The zero-order chi connectivity index (χ0) is 18.4. The van der Waals surface area contributed by atoms with Crippen LogP contribution in [-0.2, 0) is 16.0 Å². The van der Waals surface area contributed by atoms with Crippen LogP contribution in [-0.4, -0.2) is 17.0 Å². The lowest BCUT2D eigenvalue weighted by Crippen LogP contribution is -2.34. The number of carbonyl (C=O) groups excluding carboxylic acids is 2. The second kappa shape index (κ2) is 8.46. The van der Waals surface area contributed by atoms with Crippen LogP contribution in [0.4, 0.5) is 0 Å². The van der Waals surface area contributed by atoms with Crippen molar-refractivity contribution in [1.82, 2.24) is 5.16 Å². The molecular formula is C19H25N3O3. The second-order valence-electron chi connectivity index (χ2n) is 6.48. The molecule has 0 radical (unpaired) electrons. The fraction of sp³-hybridized carbons (Fsp3) is 0.421. The van der Waals surface area contributed by atoms with Crippen LogP contribution in [0.2, 0.25) is 0 Å². The summed E-state index contributed by atoms with van der Waals surface area (Å²) in [5.41, 5.74) is 13.6. The minimum absolute atomic E-state index is 0.0427. The number of rotatable bonds is 9. The molecular weight excluding hydrogens is 318 g/mol. The molecule has 1 aromatic carbocycles. The van der Waals surface area contributed by atoms with Gasteiger partial charge in [-0.25, -0.2) is 0 Å². The van der Waals surface area contributed by atoms with Crippen LogP contribution in [0, 0.1) is 18.8 Å². The lowest BCUT2D eigenvalue weighted by molar-refractivity contribution is -0.128. The third-order valence-electron chi connectivity index (χ3n) is 4.38. The Morgan fingerprint density at radius 3 is 2.44 bits per heavy atom. The SMILES string of the molecule is CCCC(Cc1cc(-c2ccc(C)cc2)no1)C(CC(N)=O)C(N)=O. The van der Waals surface area contributed by atoms with Gasteiger partial charge in [-0.1, -0.05) is 48.3 Å². The van der Waals surface area contributed by atoms with Gasteiger partial charge in [-0.3, -0.25) is 9.59 Å². The average molecular weight is 343 g/mol. The van der Waals surface area contributed by atoms with Crippen LogP contribution >= 0.6 is 0 Å². The first-order valence-electron chi connectivity index (χ1n) is 8.51. The lowest BCUT2D eigenvalue weighted by Gasteiger charge is -2.22. The molecule has 0 fully saturated rings. The van der Waals surface area contributed by atoms with E-state index in [-0.39, 0.29) is 12.3 Å². The number of primary amides is 2. The van der Waals surface area contributed by atoms with Gasteiger partial charge in [-0.05, 0) is 19.3 Å². The molecule has 6 nitrogen and oxygen atoms in total. The van der Waals surface area contributed by atoms with Crippen molar-refractivity contribution in [2.45, 2.75) is 39.5 Å². The number of hydrogen-bond acceptors (Lipinski definition) is 4. The Hall–Kier alpha value is -2.63. The van der Waals surface area contributed by atoms with Crippen molar-refractivity contribution in [1.29, 1.82) is 0 Å². The standard InChI is InChI=1S/C19H25N3O3/c1-3-4-14(16(19(21)24)11-18(20)23)9-15-10-17(22-25-15)13-7-5-12(2)6-8-13/h5-8,10,14,16H,3-4,9,11H2,1-2H3,(H2,20,23)(H2,21,24). The van der Waals surface area contributed by atoms with Crippen LogP contribution in [0.5, 0.6) is 0 Å². The maximum Gasteiger partial charge on any atom is 0.221 e. The van der Waals surface area contributed by atoms with Crippen molar-refractivity contribution >= 4 is 11.8 Å². The Kier molecular flexibility index (Phi) is 6.33. The van der Waals surface area contributed by atoms with Crippen molar-refractivity contribution in [3.63, 3.8) is 0 Å². The van der Waals surface area contributed by atoms with Crippen molar-refractivity contribution in [3.8, 4) is 11.3 Å². The molecule has 2 amide bonds. The number of amides is 2. The van der Waals surface area contributed by atoms with Crippen LogP contribution in [0.25, 0.3) is 11.3 Å². The predicted octanol–water partition coefficient (Wildman–Crippen LogP) is 2.59. The van der Waals surface area contributed by atoms with E-state index in [1.54, 1.807) is 0 Å². The van der Waals surface area contributed by atoms with E-state index in [1.165, 1.54) is 5.56 Å². The van der Waals surface area contributed by atoms with Gasteiger partial charge >= 0.3 is 0 Å². The van der Waals surface area contributed by atoms with Gasteiger partial charge in [0.25, 0.3) is 0 Å². The van der Waals surface area contributed by atoms with Gasteiger partial charge in [0.05, 0.1) is 0 Å². The molecule has 2 unspecified atom stereocenters. The quantitative estimate of drug-likeness (QED) is 0.728. The molecule has 134 valence electrons. The van der Waals surface area contributed by atoms with E-state index in [0.717, 1.165) is 24.1 Å². The highest BCUT2D eigenvalue weighted by atomic mass is 16.5. The topological polar surface area (TPSA) is 112 Å². The minimum atomic E-state index is -0.592. The van der Waals surface area contributed by atoms with E-state index >= 15 is 0 Å². The molecule has 0 aliphatic carbocycles. The van der Waals surface area contributed by atoms with Gasteiger partial charge < -0.3 is 16.0 Å². The first-order valence-corrected chi connectivity index (χ1v) is 8.51. The van der Waals surface area contributed by atoms with E-state index in [4.69, 9.17) is 16.0 Å². The average Bonchev–Trinajstić information content (AvgIpc) is 3.01. The summed E-state index contributed by atoms with van der Waals surface area (Å²) in [5.74, 6) is -1.05. The fourth-order valence-corrected chi connectivity index (χ4v) is 3.06. The highest BCUT2D eigenvalue weighted by Gasteiger charge is 2.29. The third-order valence-corrected chi connectivity index (χ3v) is 4.38. The molecule has 2 aromatic rings. The zero-order valence-corrected chi connectivity index (χ0v) is 14.7. The summed E-state index contributed by atoms with van der Waals surface area (Å²) >= 11 is 0. The number of aromatic nitrogens is 1. The van der Waals surface area contributed by atoms with Crippen LogP contribution < -0.4 is 11.5 Å². The van der Waals surface area contributed by atoms with Gasteiger partial charge in [0.15, 0.2) is 0 Å². The summed E-state index contributed by atoms with van der Waals surface area (Å²) in [6, 6.07) is 9.87. The van der Waals surface area contributed by atoms with E-state index < -0.39 is 17.7 Å². The summed E-state index contributed by atoms with van der Waals surface area (Å²) in [5, 5.41) is 4.11. The largest absolute Gasteiger partial charge is 0.370 e. The molecule has 4 N–H and O–H groups in total. The van der Waals surface area contributed by atoms with Crippen molar-refractivity contribution in [2.24, 2.45) is 23.3 Å². The van der Waals surface area contributed by atoms with Gasteiger partial charge in [0, 0.05) is 30.4 Å². The molecule has 1 heterocycles. The molecule has 0 aliphatic heterocycles. The molecule has 0 aliphatic rings. The summed E-state index contributed by atoms with van der Waals surface area (Å²) in [6.07, 6.45) is 2.07. The molecule has 0 saturated carbocycles. The molecule has 0 bridgehead atoms. The van der Waals surface area contributed by atoms with Gasteiger partial charge in [-0.15, -0.1) is 0 Å². The fourth-order valence-electron chi connectivity index (χ4n) is 3.06. The van der Waals surface area contributed by atoms with E-state index in [1.807, 2.05) is 44.2 Å². The molecule has 2 atom stereocenters. The number of hydrogen-bond donors (Lipinski definition) is 2. The Morgan fingerprint density at radius 1 is 1.20 bits per heavy atom. The maximum absolute atomic E-state index is 11.8. The van der Waals surface area contributed by atoms with Gasteiger partial charge in [-0.2, -0.15) is 0 Å².